The molecular weight excluding hydrogens is 503 g/mol. The van der Waals surface area contributed by atoms with Crippen LogP contribution in [0, 0.1) is 0 Å². The number of guanidine groups is 1. The summed E-state index contributed by atoms with van der Waals surface area (Å²) in [5, 5.41) is 11.0. The molecule has 4 aromatic rings. The summed E-state index contributed by atoms with van der Waals surface area (Å²) in [7, 11) is 1.75. The molecule has 7 nitrogen and oxygen atoms in total. The topological polar surface area (TPSA) is 80.3 Å². The fourth-order valence-corrected chi connectivity index (χ4v) is 3.03. The molecule has 0 bridgehead atoms. The van der Waals surface area contributed by atoms with Gasteiger partial charge in [-0.1, -0.05) is 36.4 Å². The normalized spacial score (nSPS) is 11.1. The molecule has 0 radical (unpaired) electrons. The minimum Gasteiger partial charge on any atom is -0.444 e. The third-order valence-electron chi connectivity index (χ3n) is 4.60. The van der Waals surface area contributed by atoms with Gasteiger partial charge in [-0.05, 0) is 36.2 Å². The van der Waals surface area contributed by atoms with Gasteiger partial charge in [0, 0.05) is 25.4 Å². The number of nitrogens with zero attached hydrogens (tertiary/aromatic N) is 4. The zero-order valence-electron chi connectivity index (χ0n) is 17.2. The van der Waals surface area contributed by atoms with Gasteiger partial charge < -0.3 is 15.1 Å². The zero-order chi connectivity index (χ0) is 20.6. The Morgan fingerprint density at radius 3 is 2.52 bits per heavy atom. The van der Waals surface area contributed by atoms with E-state index in [4.69, 9.17) is 4.42 Å². The molecule has 0 aliphatic heterocycles. The molecule has 4 rings (SSSR count). The molecule has 2 heterocycles. The highest BCUT2D eigenvalue weighted by atomic mass is 127. The molecular formula is C23H25IN6O. The van der Waals surface area contributed by atoms with E-state index >= 15 is 0 Å². The summed E-state index contributed by atoms with van der Waals surface area (Å²) in [4.78, 5) is 8.79. The molecule has 0 unspecified atom stereocenters. The molecule has 31 heavy (non-hydrogen) atoms. The van der Waals surface area contributed by atoms with E-state index in [1.807, 2.05) is 77.7 Å². The van der Waals surface area contributed by atoms with E-state index in [2.05, 4.69) is 25.7 Å². The largest absolute Gasteiger partial charge is 0.444 e. The smallest absolute Gasteiger partial charge is 0.226 e. The molecule has 2 aromatic heterocycles. The van der Waals surface area contributed by atoms with E-state index in [9.17, 15) is 0 Å². The minimum absolute atomic E-state index is 0. The minimum atomic E-state index is 0. The van der Waals surface area contributed by atoms with Crippen LogP contribution in [0.15, 0.2) is 88.7 Å². The van der Waals surface area contributed by atoms with Crippen molar-refractivity contribution in [3.63, 3.8) is 0 Å². The van der Waals surface area contributed by atoms with E-state index < -0.39 is 0 Å². The lowest BCUT2D eigenvalue weighted by Gasteiger charge is -2.10. The fraction of sp³-hybridized carbons (Fsp3) is 0.174. The van der Waals surface area contributed by atoms with Crippen LogP contribution in [-0.2, 0) is 13.0 Å². The fourth-order valence-electron chi connectivity index (χ4n) is 3.03. The van der Waals surface area contributed by atoms with Gasteiger partial charge in [0.1, 0.15) is 6.26 Å². The maximum atomic E-state index is 5.57. The van der Waals surface area contributed by atoms with Gasteiger partial charge in [0.15, 0.2) is 5.96 Å². The Kier molecular flexibility index (Phi) is 8.22. The SMILES string of the molecule is CN=C(NCCc1cnn(-c2ccccc2)c1)NCc1coc(-c2ccccc2)n1.I. The van der Waals surface area contributed by atoms with E-state index in [-0.39, 0.29) is 24.0 Å². The van der Waals surface area contributed by atoms with Crippen LogP contribution < -0.4 is 10.6 Å². The lowest BCUT2D eigenvalue weighted by molar-refractivity contribution is 0.572. The van der Waals surface area contributed by atoms with Crippen LogP contribution in [0.25, 0.3) is 17.1 Å². The van der Waals surface area contributed by atoms with Crippen LogP contribution in [0.2, 0.25) is 0 Å². The number of rotatable bonds is 7. The van der Waals surface area contributed by atoms with Crippen LogP contribution in [0.3, 0.4) is 0 Å². The van der Waals surface area contributed by atoms with Crippen molar-refractivity contribution in [1.82, 2.24) is 25.4 Å². The summed E-state index contributed by atoms with van der Waals surface area (Å²) in [6, 6.07) is 19.9. The average molecular weight is 528 g/mol. The second-order valence-electron chi connectivity index (χ2n) is 6.74. The van der Waals surface area contributed by atoms with Crippen molar-refractivity contribution in [3.8, 4) is 17.1 Å². The Labute approximate surface area is 198 Å². The molecule has 0 saturated heterocycles. The van der Waals surface area contributed by atoms with Crippen LogP contribution in [0.4, 0.5) is 0 Å². The van der Waals surface area contributed by atoms with Crippen LogP contribution in [-0.4, -0.2) is 34.3 Å². The molecule has 160 valence electrons. The first kappa shape index (κ1) is 22.5. The summed E-state index contributed by atoms with van der Waals surface area (Å²) in [5.41, 5.74) is 3.99. The van der Waals surface area contributed by atoms with Crippen molar-refractivity contribution in [2.75, 3.05) is 13.6 Å². The first-order valence-corrected chi connectivity index (χ1v) is 9.85. The third-order valence-corrected chi connectivity index (χ3v) is 4.60. The Morgan fingerprint density at radius 1 is 1.03 bits per heavy atom. The van der Waals surface area contributed by atoms with E-state index in [0.717, 1.165) is 41.4 Å². The second kappa shape index (κ2) is 11.3. The first-order chi connectivity index (χ1) is 14.8. The number of aliphatic imine (C=N–C) groups is 1. The van der Waals surface area contributed by atoms with Gasteiger partial charge in [0.05, 0.1) is 24.1 Å². The highest BCUT2D eigenvalue weighted by molar-refractivity contribution is 14.0. The first-order valence-electron chi connectivity index (χ1n) is 9.85. The molecule has 0 aliphatic rings. The van der Waals surface area contributed by atoms with Crippen molar-refractivity contribution in [2.45, 2.75) is 13.0 Å². The molecule has 0 aliphatic carbocycles. The second-order valence-corrected chi connectivity index (χ2v) is 6.74. The quantitative estimate of drug-likeness (QED) is 0.215. The third kappa shape index (κ3) is 6.17. The van der Waals surface area contributed by atoms with Gasteiger partial charge in [0.2, 0.25) is 5.89 Å². The summed E-state index contributed by atoms with van der Waals surface area (Å²) in [5.74, 6) is 1.33. The number of halogens is 1. The number of benzene rings is 2. The van der Waals surface area contributed by atoms with Crippen molar-refractivity contribution >= 4 is 29.9 Å². The molecule has 0 spiro atoms. The molecule has 0 amide bonds. The average Bonchev–Trinajstić information content (AvgIpc) is 3.47. The molecule has 0 saturated carbocycles. The molecule has 2 N–H and O–H groups in total. The predicted octanol–water partition coefficient (Wildman–Crippen LogP) is 4.05. The van der Waals surface area contributed by atoms with E-state index in [1.165, 1.54) is 0 Å². The highest BCUT2D eigenvalue weighted by Crippen LogP contribution is 2.17. The molecule has 2 aromatic carbocycles. The van der Waals surface area contributed by atoms with Gasteiger partial charge >= 0.3 is 0 Å². The molecule has 8 heteroatoms. The maximum Gasteiger partial charge on any atom is 0.226 e. The van der Waals surface area contributed by atoms with E-state index in [1.54, 1.807) is 13.3 Å². The van der Waals surface area contributed by atoms with Crippen LogP contribution in [0.1, 0.15) is 11.3 Å². The van der Waals surface area contributed by atoms with Gasteiger partial charge in [0.25, 0.3) is 0 Å². The van der Waals surface area contributed by atoms with Crippen molar-refractivity contribution in [2.24, 2.45) is 4.99 Å². The number of aromatic nitrogens is 3. The standard InChI is InChI=1S/C23H24N6O.HI/c1-24-23(26-15-20-17-30-22(28-20)19-8-4-2-5-9-19)25-13-12-18-14-27-29(16-18)21-10-6-3-7-11-21;/h2-11,14,16-17H,12-13,15H2,1H3,(H2,24,25,26);1H. The Balaban J connectivity index is 0.00000272. The maximum absolute atomic E-state index is 5.57. The summed E-state index contributed by atoms with van der Waals surface area (Å²) >= 11 is 0. The van der Waals surface area contributed by atoms with Crippen molar-refractivity contribution in [3.05, 3.63) is 90.6 Å². The van der Waals surface area contributed by atoms with Gasteiger partial charge in [-0.25, -0.2) is 9.67 Å². The van der Waals surface area contributed by atoms with Gasteiger partial charge in [-0.2, -0.15) is 5.10 Å². The highest BCUT2D eigenvalue weighted by Gasteiger charge is 2.07. The van der Waals surface area contributed by atoms with Gasteiger partial charge in [-0.3, -0.25) is 4.99 Å². The monoisotopic (exact) mass is 528 g/mol. The lowest BCUT2D eigenvalue weighted by atomic mass is 10.2. The van der Waals surface area contributed by atoms with Crippen LogP contribution in [0.5, 0.6) is 0 Å². The van der Waals surface area contributed by atoms with Gasteiger partial charge in [-0.15, -0.1) is 24.0 Å². The predicted molar refractivity (Wildman–Crippen MR) is 133 cm³/mol. The lowest BCUT2D eigenvalue weighted by Crippen LogP contribution is -2.37. The van der Waals surface area contributed by atoms with E-state index in [0.29, 0.717) is 12.4 Å². The summed E-state index contributed by atoms with van der Waals surface area (Å²) in [6.07, 6.45) is 6.45. The number of oxazole rings is 1. The number of nitrogens with one attached hydrogen (secondary N) is 2. The van der Waals surface area contributed by atoms with Crippen molar-refractivity contribution < 1.29 is 4.42 Å². The van der Waals surface area contributed by atoms with Crippen LogP contribution >= 0.6 is 24.0 Å². The Bertz CT molecular complexity index is 1090. The Hall–Kier alpha value is -3.14. The zero-order valence-corrected chi connectivity index (χ0v) is 19.6. The number of hydrogen-bond acceptors (Lipinski definition) is 4. The summed E-state index contributed by atoms with van der Waals surface area (Å²) < 4.78 is 7.46. The molecule has 0 fully saturated rings. The Morgan fingerprint density at radius 2 is 1.77 bits per heavy atom. The summed E-state index contributed by atoms with van der Waals surface area (Å²) in [6.45, 7) is 1.27. The molecule has 0 atom stereocenters. The number of hydrogen-bond donors (Lipinski definition) is 2. The number of para-hydroxylation sites is 1. The van der Waals surface area contributed by atoms with Crippen molar-refractivity contribution in [1.29, 1.82) is 0 Å².